The number of aryl methyl sites for hydroxylation is 3. The molecule has 0 unspecified atom stereocenters. The summed E-state index contributed by atoms with van der Waals surface area (Å²) in [6, 6.07) is 12.4. The van der Waals surface area contributed by atoms with Crippen molar-refractivity contribution in [3.8, 4) is 0 Å². The first-order valence-corrected chi connectivity index (χ1v) is 8.43. The minimum absolute atomic E-state index is 0.306. The van der Waals surface area contributed by atoms with E-state index in [1.54, 1.807) is 11.7 Å². The molecule has 1 amide bonds. The Bertz CT molecular complexity index is 1160. The third-order valence-electron chi connectivity index (χ3n) is 4.10. The van der Waals surface area contributed by atoms with E-state index >= 15 is 0 Å². The summed E-state index contributed by atoms with van der Waals surface area (Å²) in [6.45, 7) is 1.87. The van der Waals surface area contributed by atoms with Gasteiger partial charge in [-0.25, -0.2) is 0 Å². The highest BCUT2D eigenvalue weighted by Gasteiger charge is 2.14. The van der Waals surface area contributed by atoms with Gasteiger partial charge in [0.05, 0.1) is 10.2 Å². The maximum atomic E-state index is 12.5. The van der Waals surface area contributed by atoms with Gasteiger partial charge in [-0.1, -0.05) is 41.7 Å². The summed E-state index contributed by atoms with van der Waals surface area (Å²) in [5.41, 5.74) is 2.34. The molecule has 2 aromatic carbocycles. The minimum Gasteiger partial charge on any atom is -0.319 e. The second-order valence-electron chi connectivity index (χ2n) is 5.83. The number of carbonyl (C=O) groups is 1. The molecule has 5 nitrogen and oxygen atoms in total. The molecule has 6 heteroatoms. The van der Waals surface area contributed by atoms with Crippen molar-refractivity contribution in [2.45, 2.75) is 6.92 Å². The van der Waals surface area contributed by atoms with Gasteiger partial charge in [-0.2, -0.15) is 10.1 Å². The Balaban J connectivity index is 1.94. The first-order chi connectivity index (χ1) is 11.5. The van der Waals surface area contributed by atoms with Gasteiger partial charge in [-0.05, 0) is 18.4 Å². The summed E-state index contributed by atoms with van der Waals surface area (Å²) in [7, 11) is 3.75. The predicted octanol–water partition coefficient (Wildman–Crippen LogP) is 3.18. The second kappa shape index (κ2) is 5.42. The number of rotatable bonds is 1. The Morgan fingerprint density at radius 1 is 1.17 bits per heavy atom. The second-order valence-corrected chi connectivity index (χ2v) is 6.84. The topological polar surface area (TPSA) is 52.2 Å². The largest absolute Gasteiger partial charge is 0.319 e. The van der Waals surface area contributed by atoms with Crippen LogP contribution in [-0.2, 0) is 14.1 Å². The molecule has 0 spiro atoms. The van der Waals surface area contributed by atoms with Gasteiger partial charge in [0, 0.05) is 31.2 Å². The summed E-state index contributed by atoms with van der Waals surface area (Å²) in [5, 5.41) is 6.55. The molecular weight excluding hydrogens is 320 g/mol. The van der Waals surface area contributed by atoms with Gasteiger partial charge in [-0.3, -0.25) is 9.48 Å². The van der Waals surface area contributed by atoms with Crippen LogP contribution in [0.2, 0.25) is 0 Å². The van der Waals surface area contributed by atoms with Gasteiger partial charge >= 0.3 is 0 Å². The van der Waals surface area contributed by atoms with Gasteiger partial charge in [-0.15, -0.1) is 0 Å². The molecule has 0 aliphatic carbocycles. The van der Waals surface area contributed by atoms with Crippen LogP contribution in [-0.4, -0.2) is 20.3 Å². The Morgan fingerprint density at radius 3 is 2.71 bits per heavy atom. The van der Waals surface area contributed by atoms with E-state index in [0.717, 1.165) is 21.2 Å². The Kier molecular flexibility index (Phi) is 3.35. The first-order valence-electron chi connectivity index (χ1n) is 7.61. The van der Waals surface area contributed by atoms with Gasteiger partial charge < -0.3 is 4.57 Å². The van der Waals surface area contributed by atoms with Crippen LogP contribution in [0.25, 0.3) is 21.0 Å². The molecule has 0 saturated carbocycles. The molecule has 0 atom stereocenters. The fourth-order valence-corrected chi connectivity index (χ4v) is 4.01. The van der Waals surface area contributed by atoms with Crippen LogP contribution in [0.4, 0.5) is 0 Å². The number of carbonyl (C=O) groups excluding carboxylic acids is 1. The molecule has 4 aromatic rings. The highest BCUT2D eigenvalue weighted by Crippen LogP contribution is 2.26. The maximum Gasteiger partial charge on any atom is 0.300 e. The Labute approximate surface area is 142 Å². The Hall–Kier alpha value is -2.73. The average Bonchev–Trinajstić information content (AvgIpc) is 3.07. The number of amides is 1. The van der Waals surface area contributed by atoms with Crippen LogP contribution in [0.1, 0.15) is 16.1 Å². The number of thiazole rings is 1. The van der Waals surface area contributed by atoms with Crippen LogP contribution in [0, 0.1) is 6.92 Å². The van der Waals surface area contributed by atoms with Crippen molar-refractivity contribution in [2.75, 3.05) is 0 Å². The summed E-state index contributed by atoms with van der Waals surface area (Å²) in [6.07, 6.45) is 1.82. The predicted molar refractivity (Wildman–Crippen MR) is 96.1 cm³/mol. The molecule has 0 N–H and O–H groups in total. The van der Waals surface area contributed by atoms with E-state index < -0.39 is 0 Å². The number of hydrogen-bond donors (Lipinski definition) is 0. The molecule has 0 fully saturated rings. The van der Waals surface area contributed by atoms with Crippen molar-refractivity contribution in [1.29, 1.82) is 0 Å². The van der Waals surface area contributed by atoms with Gasteiger partial charge in [0.15, 0.2) is 10.5 Å². The zero-order valence-corrected chi connectivity index (χ0v) is 14.5. The molecule has 0 aliphatic heterocycles. The van der Waals surface area contributed by atoms with Gasteiger partial charge in [0.25, 0.3) is 5.91 Å². The van der Waals surface area contributed by atoms with Crippen molar-refractivity contribution in [2.24, 2.45) is 19.1 Å². The highest BCUT2D eigenvalue weighted by atomic mass is 32.1. The van der Waals surface area contributed by atoms with Crippen molar-refractivity contribution in [1.82, 2.24) is 14.3 Å². The molecule has 0 saturated heterocycles. The average molecular weight is 336 g/mol. The van der Waals surface area contributed by atoms with Crippen LogP contribution in [0.3, 0.4) is 0 Å². The molecule has 0 bridgehead atoms. The van der Waals surface area contributed by atoms with Gasteiger partial charge in [0.1, 0.15) is 0 Å². The molecule has 0 radical (unpaired) electrons. The third-order valence-corrected chi connectivity index (χ3v) is 5.20. The summed E-state index contributed by atoms with van der Waals surface area (Å²) < 4.78 is 4.73. The zero-order chi connectivity index (χ0) is 16.8. The van der Waals surface area contributed by atoms with Crippen molar-refractivity contribution in [3.63, 3.8) is 0 Å². The molecular formula is C18H16N4OS. The lowest BCUT2D eigenvalue weighted by atomic mass is 10.1. The fourth-order valence-electron chi connectivity index (χ4n) is 2.98. The molecule has 4 rings (SSSR count). The van der Waals surface area contributed by atoms with E-state index in [1.165, 1.54) is 16.7 Å². The van der Waals surface area contributed by atoms with Crippen molar-refractivity contribution < 1.29 is 4.79 Å². The lowest BCUT2D eigenvalue weighted by Crippen LogP contribution is -2.14. The Morgan fingerprint density at radius 2 is 1.96 bits per heavy atom. The molecule has 2 aromatic heterocycles. The highest BCUT2D eigenvalue weighted by molar-refractivity contribution is 7.16. The number of benzene rings is 2. The zero-order valence-electron chi connectivity index (χ0n) is 13.6. The van der Waals surface area contributed by atoms with Crippen LogP contribution in [0.5, 0.6) is 0 Å². The van der Waals surface area contributed by atoms with Crippen LogP contribution < -0.4 is 4.80 Å². The quantitative estimate of drug-likeness (QED) is 0.536. The summed E-state index contributed by atoms with van der Waals surface area (Å²) in [4.78, 5) is 17.5. The van der Waals surface area contributed by atoms with Crippen LogP contribution in [0.15, 0.2) is 47.6 Å². The van der Waals surface area contributed by atoms with E-state index in [4.69, 9.17) is 0 Å². The van der Waals surface area contributed by atoms with E-state index in [0.29, 0.717) is 10.5 Å². The van der Waals surface area contributed by atoms with Crippen LogP contribution >= 0.6 is 11.3 Å². The molecule has 24 heavy (non-hydrogen) atoms. The molecule has 120 valence electrons. The SMILES string of the molecule is Cc1cn(C)nc1C(=O)N=c1sc2ccc3ccccc3c2n1C. The lowest BCUT2D eigenvalue weighted by Gasteiger charge is -2.01. The number of aromatic nitrogens is 3. The standard InChI is InChI=1S/C18H16N4OS/c1-11-10-21(2)20-15(11)17(23)19-18-22(3)16-13-7-5-4-6-12(13)8-9-14(16)24-18/h4-10H,1-3H3. The number of fused-ring (bicyclic) bond motifs is 3. The summed E-state index contributed by atoms with van der Waals surface area (Å²) in [5.74, 6) is -0.306. The normalized spacial score (nSPS) is 12.4. The lowest BCUT2D eigenvalue weighted by molar-refractivity contribution is 0.0992. The van der Waals surface area contributed by atoms with Crippen molar-refractivity contribution >= 4 is 38.2 Å². The fraction of sp³-hybridized carbons (Fsp3) is 0.167. The van der Waals surface area contributed by atoms with E-state index in [-0.39, 0.29) is 5.91 Å². The summed E-state index contributed by atoms with van der Waals surface area (Å²) >= 11 is 1.52. The number of nitrogens with zero attached hydrogens (tertiary/aromatic N) is 4. The van der Waals surface area contributed by atoms with E-state index in [2.05, 4.69) is 34.4 Å². The molecule has 2 heterocycles. The van der Waals surface area contributed by atoms with E-state index in [1.807, 2.05) is 36.9 Å². The third kappa shape index (κ3) is 2.27. The smallest absolute Gasteiger partial charge is 0.300 e. The number of hydrogen-bond acceptors (Lipinski definition) is 3. The van der Waals surface area contributed by atoms with E-state index in [9.17, 15) is 4.79 Å². The van der Waals surface area contributed by atoms with Crippen molar-refractivity contribution in [3.05, 3.63) is 58.7 Å². The molecule has 0 aliphatic rings. The first kappa shape index (κ1) is 14.8. The maximum absolute atomic E-state index is 12.5. The van der Waals surface area contributed by atoms with Gasteiger partial charge in [0.2, 0.25) is 0 Å². The monoisotopic (exact) mass is 336 g/mol. The minimum atomic E-state index is -0.306.